The second-order valence-electron chi connectivity index (χ2n) is 7.72. The van der Waals surface area contributed by atoms with Crippen molar-refractivity contribution in [3.05, 3.63) is 88.9 Å². The van der Waals surface area contributed by atoms with E-state index >= 15 is 0 Å². The Bertz CT molecular complexity index is 1470. The Kier molecular flexibility index (Phi) is 6.71. The molecule has 10 heteroatoms. The zero-order valence-electron chi connectivity index (χ0n) is 18.4. The van der Waals surface area contributed by atoms with Gasteiger partial charge in [-0.25, -0.2) is 4.68 Å². The number of amides is 1. The summed E-state index contributed by atoms with van der Waals surface area (Å²) in [5.41, 5.74) is 4.70. The molecule has 1 amide bonds. The smallest absolute Gasteiger partial charge is 0.256 e. The number of nitrogens with zero attached hydrogens (tertiary/aromatic N) is 4. The molecule has 176 valence electrons. The van der Waals surface area contributed by atoms with Crippen LogP contribution in [0.2, 0.25) is 5.02 Å². The molecule has 0 fully saturated rings. The second kappa shape index (κ2) is 10.2. The van der Waals surface area contributed by atoms with Crippen molar-refractivity contribution in [2.75, 3.05) is 11.9 Å². The minimum atomic E-state index is -0.292. The SMILES string of the molecule is O=C(Nc1cc(-c2ccc(Cl)cc2)nn1CCO)c1ccc(OCc2ccc3nsnc3c2)cc1. The van der Waals surface area contributed by atoms with Gasteiger partial charge in [-0.1, -0.05) is 29.8 Å². The summed E-state index contributed by atoms with van der Waals surface area (Å²) in [5, 5.41) is 17.4. The van der Waals surface area contributed by atoms with Crippen molar-refractivity contribution < 1.29 is 14.6 Å². The highest BCUT2D eigenvalue weighted by molar-refractivity contribution is 7.00. The minimum absolute atomic E-state index is 0.109. The van der Waals surface area contributed by atoms with Crippen LogP contribution in [-0.4, -0.2) is 36.1 Å². The van der Waals surface area contributed by atoms with E-state index in [9.17, 15) is 9.90 Å². The first kappa shape index (κ1) is 23.0. The van der Waals surface area contributed by atoms with Crippen molar-refractivity contribution in [1.29, 1.82) is 0 Å². The van der Waals surface area contributed by atoms with Crippen molar-refractivity contribution in [2.24, 2.45) is 0 Å². The summed E-state index contributed by atoms with van der Waals surface area (Å²) in [6.07, 6.45) is 0. The van der Waals surface area contributed by atoms with Crippen LogP contribution in [0.3, 0.4) is 0 Å². The lowest BCUT2D eigenvalue weighted by molar-refractivity contribution is 0.102. The van der Waals surface area contributed by atoms with E-state index in [1.807, 2.05) is 30.3 Å². The predicted octanol–water partition coefficient (Wildman–Crippen LogP) is 5.03. The molecule has 5 aromatic rings. The summed E-state index contributed by atoms with van der Waals surface area (Å²) in [6, 6.07) is 21.8. The number of halogens is 1. The van der Waals surface area contributed by atoms with Crippen molar-refractivity contribution >= 4 is 46.1 Å². The molecule has 5 rings (SSSR count). The first-order valence-electron chi connectivity index (χ1n) is 10.8. The van der Waals surface area contributed by atoms with Gasteiger partial charge in [0.1, 0.15) is 29.2 Å². The Balaban J connectivity index is 1.25. The number of carbonyl (C=O) groups excluding carboxylic acids is 1. The predicted molar refractivity (Wildman–Crippen MR) is 136 cm³/mol. The van der Waals surface area contributed by atoms with Crippen LogP contribution in [0.5, 0.6) is 5.75 Å². The molecule has 3 aromatic carbocycles. The van der Waals surface area contributed by atoms with Crippen LogP contribution in [0.15, 0.2) is 72.8 Å². The fraction of sp³-hybridized carbons (Fsp3) is 0.120. The molecule has 0 aliphatic heterocycles. The number of aliphatic hydroxyl groups excluding tert-OH is 1. The number of carbonyl (C=O) groups is 1. The first-order valence-corrected chi connectivity index (χ1v) is 11.9. The van der Waals surface area contributed by atoms with Crippen LogP contribution in [0.1, 0.15) is 15.9 Å². The highest BCUT2D eigenvalue weighted by atomic mass is 35.5. The highest BCUT2D eigenvalue weighted by Crippen LogP contribution is 2.24. The van der Waals surface area contributed by atoms with E-state index in [4.69, 9.17) is 16.3 Å². The summed E-state index contributed by atoms with van der Waals surface area (Å²) in [5.74, 6) is 0.842. The Morgan fingerprint density at radius 1 is 1.00 bits per heavy atom. The standard InChI is InChI=1S/C25H20ClN5O3S/c26-19-6-2-17(3-7-19)22-14-24(31(28-22)11-12-32)27-25(33)18-4-8-20(9-5-18)34-15-16-1-10-21-23(13-16)30-35-29-21/h1-10,13-14,32H,11-12,15H2,(H,27,33). The van der Waals surface area contributed by atoms with Crippen LogP contribution in [0, 0.1) is 0 Å². The Morgan fingerprint density at radius 2 is 1.77 bits per heavy atom. The molecule has 2 heterocycles. The molecule has 0 radical (unpaired) electrons. The lowest BCUT2D eigenvalue weighted by Gasteiger charge is -2.09. The molecule has 0 unspecified atom stereocenters. The van der Waals surface area contributed by atoms with Gasteiger partial charge in [-0.2, -0.15) is 13.8 Å². The average molecular weight is 506 g/mol. The Hall–Kier alpha value is -3.79. The van der Waals surface area contributed by atoms with Crippen LogP contribution in [0.25, 0.3) is 22.3 Å². The molecule has 2 N–H and O–H groups in total. The third kappa shape index (κ3) is 5.32. The van der Waals surface area contributed by atoms with Gasteiger partial charge >= 0.3 is 0 Å². The zero-order chi connectivity index (χ0) is 24.2. The van der Waals surface area contributed by atoms with Gasteiger partial charge in [0.2, 0.25) is 0 Å². The lowest BCUT2D eigenvalue weighted by atomic mass is 10.1. The summed E-state index contributed by atoms with van der Waals surface area (Å²) >= 11 is 7.16. The molecule has 0 bridgehead atoms. The third-order valence-electron chi connectivity index (χ3n) is 5.31. The summed E-state index contributed by atoms with van der Waals surface area (Å²) in [4.78, 5) is 12.9. The Labute approximate surface area is 210 Å². The number of anilines is 1. The van der Waals surface area contributed by atoms with Gasteiger partial charge in [0.05, 0.1) is 30.6 Å². The normalized spacial score (nSPS) is 11.0. The van der Waals surface area contributed by atoms with E-state index in [2.05, 4.69) is 19.2 Å². The lowest BCUT2D eigenvalue weighted by Crippen LogP contribution is -2.16. The van der Waals surface area contributed by atoms with E-state index in [1.54, 1.807) is 47.1 Å². The van der Waals surface area contributed by atoms with E-state index in [0.29, 0.717) is 34.5 Å². The number of benzene rings is 3. The van der Waals surface area contributed by atoms with Gasteiger partial charge in [0.15, 0.2) is 0 Å². The molecule has 8 nitrogen and oxygen atoms in total. The van der Waals surface area contributed by atoms with Crippen molar-refractivity contribution in [2.45, 2.75) is 13.2 Å². The molecule has 2 aromatic heterocycles. The molecule has 35 heavy (non-hydrogen) atoms. The maximum atomic E-state index is 12.9. The number of aliphatic hydroxyl groups is 1. The quantitative estimate of drug-likeness (QED) is 0.306. The molecule has 0 spiro atoms. The second-order valence-corrected chi connectivity index (χ2v) is 8.69. The monoisotopic (exact) mass is 505 g/mol. The third-order valence-corrected chi connectivity index (χ3v) is 6.12. The summed E-state index contributed by atoms with van der Waals surface area (Å²) < 4.78 is 15.9. The van der Waals surface area contributed by atoms with Gasteiger partial charge in [0.25, 0.3) is 5.91 Å². The first-order chi connectivity index (χ1) is 17.1. The van der Waals surface area contributed by atoms with Crippen LogP contribution in [0.4, 0.5) is 5.82 Å². The van der Waals surface area contributed by atoms with Crippen molar-refractivity contribution in [3.8, 4) is 17.0 Å². The highest BCUT2D eigenvalue weighted by Gasteiger charge is 2.14. The largest absolute Gasteiger partial charge is 0.489 e. The van der Waals surface area contributed by atoms with Crippen LogP contribution >= 0.6 is 23.3 Å². The van der Waals surface area contributed by atoms with E-state index in [-0.39, 0.29) is 19.1 Å². The zero-order valence-corrected chi connectivity index (χ0v) is 20.0. The number of nitrogens with one attached hydrogen (secondary N) is 1. The molecule has 0 saturated heterocycles. The average Bonchev–Trinajstić information content (AvgIpc) is 3.50. The van der Waals surface area contributed by atoms with Crippen LogP contribution < -0.4 is 10.1 Å². The minimum Gasteiger partial charge on any atom is -0.489 e. The number of aromatic nitrogens is 4. The maximum Gasteiger partial charge on any atom is 0.256 e. The van der Waals surface area contributed by atoms with Crippen LogP contribution in [-0.2, 0) is 13.2 Å². The molecular weight excluding hydrogens is 486 g/mol. The van der Waals surface area contributed by atoms with Gasteiger partial charge < -0.3 is 15.2 Å². The maximum absolute atomic E-state index is 12.9. The number of rotatable bonds is 8. The van der Waals surface area contributed by atoms with Gasteiger partial charge in [0, 0.05) is 22.2 Å². The molecule has 0 atom stereocenters. The van der Waals surface area contributed by atoms with Crippen molar-refractivity contribution in [1.82, 2.24) is 18.5 Å². The fourth-order valence-corrected chi connectivity index (χ4v) is 4.16. The fourth-order valence-electron chi connectivity index (χ4n) is 3.52. The molecule has 0 aliphatic carbocycles. The van der Waals surface area contributed by atoms with Crippen molar-refractivity contribution in [3.63, 3.8) is 0 Å². The number of hydrogen-bond acceptors (Lipinski definition) is 7. The Morgan fingerprint density at radius 3 is 2.54 bits per heavy atom. The molecule has 0 aliphatic rings. The number of hydrogen-bond donors (Lipinski definition) is 2. The van der Waals surface area contributed by atoms with E-state index < -0.39 is 0 Å². The number of ether oxygens (including phenoxy) is 1. The van der Waals surface area contributed by atoms with Gasteiger partial charge in [-0.05, 0) is 54.1 Å². The molecular formula is C25H20ClN5O3S. The van der Waals surface area contributed by atoms with Gasteiger partial charge in [-0.3, -0.25) is 4.79 Å². The topological polar surface area (TPSA) is 102 Å². The number of fused-ring (bicyclic) bond motifs is 1. The van der Waals surface area contributed by atoms with E-state index in [0.717, 1.165) is 22.2 Å². The van der Waals surface area contributed by atoms with E-state index in [1.165, 1.54) is 11.7 Å². The summed E-state index contributed by atoms with van der Waals surface area (Å²) in [7, 11) is 0. The summed E-state index contributed by atoms with van der Waals surface area (Å²) in [6.45, 7) is 0.522. The molecule has 0 saturated carbocycles. The van der Waals surface area contributed by atoms with Gasteiger partial charge in [-0.15, -0.1) is 0 Å².